The van der Waals surface area contributed by atoms with E-state index >= 15 is 0 Å². The molecule has 6 nitrogen and oxygen atoms in total. The van der Waals surface area contributed by atoms with E-state index in [1.807, 2.05) is 0 Å². The Bertz CT molecular complexity index is 563. The second kappa shape index (κ2) is 5.50. The SMILES string of the molecule is COC(c1noc(CNc2ccc(O)cc2)n1)C1CC1. The van der Waals surface area contributed by atoms with Crippen LogP contribution in [0.1, 0.15) is 30.7 Å². The molecule has 2 aromatic rings. The van der Waals surface area contributed by atoms with E-state index in [4.69, 9.17) is 9.26 Å². The molecular formula is C14H17N3O3. The molecule has 1 aliphatic rings. The first-order chi connectivity index (χ1) is 9.76. The van der Waals surface area contributed by atoms with Crippen LogP contribution in [0.25, 0.3) is 0 Å². The molecule has 1 aliphatic carbocycles. The number of phenolic OH excluding ortho intramolecular Hbond substituents is 1. The van der Waals surface area contributed by atoms with E-state index in [0.717, 1.165) is 18.5 Å². The van der Waals surface area contributed by atoms with Gasteiger partial charge in [-0.1, -0.05) is 5.16 Å². The summed E-state index contributed by atoms with van der Waals surface area (Å²) in [7, 11) is 1.67. The van der Waals surface area contributed by atoms with Crippen LogP contribution < -0.4 is 5.32 Å². The molecule has 2 N–H and O–H groups in total. The third-order valence-corrected chi connectivity index (χ3v) is 3.35. The maximum Gasteiger partial charge on any atom is 0.246 e. The summed E-state index contributed by atoms with van der Waals surface area (Å²) in [4.78, 5) is 4.36. The minimum atomic E-state index is -0.0545. The highest BCUT2D eigenvalue weighted by Crippen LogP contribution is 2.41. The lowest BCUT2D eigenvalue weighted by molar-refractivity contribution is 0.0751. The number of methoxy groups -OCH3 is 1. The van der Waals surface area contributed by atoms with Crippen molar-refractivity contribution in [3.8, 4) is 5.75 Å². The van der Waals surface area contributed by atoms with Gasteiger partial charge >= 0.3 is 0 Å². The summed E-state index contributed by atoms with van der Waals surface area (Å²) in [5.41, 5.74) is 0.882. The van der Waals surface area contributed by atoms with E-state index in [-0.39, 0.29) is 11.9 Å². The van der Waals surface area contributed by atoms with Crippen molar-refractivity contribution >= 4 is 5.69 Å². The molecule has 0 radical (unpaired) electrons. The number of anilines is 1. The van der Waals surface area contributed by atoms with Gasteiger partial charge in [0.25, 0.3) is 0 Å². The molecule has 1 fully saturated rings. The normalized spacial score (nSPS) is 16.1. The molecule has 1 aromatic carbocycles. The number of nitrogens with one attached hydrogen (secondary N) is 1. The van der Waals surface area contributed by atoms with Crippen LogP contribution in [0, 0.1) is 5.92 Å². The second-order valence-electron chi connectivity index (χ2n) is 4.94. The van der Waals surface area contributed by atoms with Gasteiger partial charge in [-0.15, -0.1) is 0 Å². The van der Waals surface area contributed by atoms with Gasteiger partial charge in [0.1, 0.15) is 11.9 Å². The summed E-state index contributed by atoms with van der Waals surface area (Å²) in [5.74, 6) is 1.91. The van der Waals surface area contributed by atoms with Gasteiger partial charge in [0.15, 0.2) is 0 Å². The molecule has 6 heteroatoms. The minimum absolute atomic E-state index is 0.0545. The van der Waals surface area contributed by atoms with Crippen LogP contribution in [-0.4, -0.2) is 22.4 Å². The van der Waals surface area contributed by atoms with Crippen molar-refractivity contribution in [2.24, 2.45) is 5.92 Å². The number of hydrogen-bond acceptors (Lipinski definition) is 6. The first kappa shape index (κ1) is 12.9. The summed E-state index contributed by atoms with van der Waals surface area (Å²) in [6, 6.07) is 6.81. The Morgan fingerprint density at radius 3 is 2.80 bits per heavy atom. The predicted molar refractivity (Wildman–Crippen MR) is 72.2 cm³/mol. The van der Waals surface area contributed by atoms with Crippen LogP contribution in [0.2, 0.25) is 0 Å². The number of benzene rings is 1. The second-order valence-corrected chi connectivity index (χ2v) is 4.94. The van der Waals surface area contributed by atoms with Crippen LogP contribution in [0.4, 0.5) is 5.69 Å². The first-order valence-electron chi connectivity index (χ1n) is 6.64. The minimum Gasteiger partial charge on any atom is -0.508 e. The van der Waals surface area contributed by atoms with Crippen molar-refractivity contribution in [3.05, 3.63) is 36.0 Å². The van der Waals surface area contributed by atoms with Gasteiger partial charge < -0.3 is 19.7 Å². The third kappa shape index (κ3) is 2.91. The van der Waals surface area contributed by atoms with Crippen molar-refractivity contribution in [1.82, 2.24) is 10.1 Å². The number of hydrogen-bond donors (Lipinski definition) is 2. The van der Waals surface area contributed by atoms with Gasteiger partial charge in [-0.2, -0.15) is 4.98 Å². The van der Waals surface area contributed by atoms with Crippen LogP contribution >= 0.6 is 0 Å². The van der Waals surface area contributed by atoms with Gasteiger partial charge in [0, 0.05) is 12.8 Å². The van der Waals surface area contributed by atoms with Crippen molar-refractivity contribution in [2.75, 3.05) is 12.4 Å². The van der Waals surface area contributed by atoms with Gasteiger partial charge in [-0.25, -0.2) is 0 Å². The zero-order chi connectivity index (χ0) is 13.9. The Balaban J connectivity index is 1.60. The molecule has 3 rings (SSSR count). The fourth-order valence-electron chi connectivity index (χ4n) is 2.12. The summed E-state index contributed by atoms with van der Waals surface area (Å²) in [6.45, 7) is 0.443. The lowest BCUT2D eigenvalue weighted by Gasteiger charge is -2.08. The number of aromatic hydroxyl groups is 1. The molecule has 0 spiro atoms. The molecule has 0 aliphatic heterocycles. The average Bonchev–Trinajstić information content (AvgIpc) is 3.18. The van der Waals surface area contributed by atoms with Crippen molar-refractivity contribution in [3.63, 3.8) is 0 Å². The van der Waals surface area contributed by atoms with E-state index in [1.54, 1.807) is 31.4 Å². The molecule has 106 valence electrons. The van der Waals surface area contributed by atoms with Gasteiger partial charge in [0.2, 0.25) is 11.7 Å². The average molecular weight is 275 g/mol. The van der Waals surface area contributed by atoms with Crippen LogP contribution in [0.15, 0.2) is 28.8 Å². The zero-order valence-corrected chi connectivity index (χ0v) is 11.2. The van der Waals surface area contributed by atoms with Gasteiger partial charge in [-0.05, 0) is 43.0 Å². The molecule has 20 heavy (non-hydrogen) atoms. The summed E-state index contributed by atoms with van der Waals surface area (Å²) < 4.78 is 10.6. The summed E-state index contributed by atoms with van der Waals surface area (Å²) >= 11 is 0. The predicted octanol–water partition coefficient (Wildman–Crippen LogP) is 2.48. The monoisotopic (exact) mass is 275 g/mol. The Morgan fingerprint density at radius 2 is 2.15 bits per heavy atom. The molecule has 0 amide bonds. The van der Waals surface area contributed by atoms with E-state index in [2.05, 4.69) is 15.5 Å². The number of rotatable bonds is 6. The molecular weight excluding hydrogens is 258 g/mol. The standard InChI is InChI=1S/C14H17N3O3/c1-19-13(9-2-3-9)14-16-12(20-17-14)8-15-10-4-6-11(18)7-5-10/h4-7,9,13,15,18H,2-3,8H2,1H3. The number of aromatic nitrogens is 2. The molecule has 1 atom stereocenters. The number of nitrogens with zero attached hydrogens (tertiary/aromatic N) is 2. The first-order valence-corrected chi connectivity index (χ1v) is 6.64. The maximum atomic E-state index is 9.21. The molecule has 0 saturated heterocycles. The molecule has 0 bridgehead atoms. The largest absolute Gasteiger partial charge is 0.508 e. The molecule has 1 unspecified atom stereocenters. The number of ether oxygens (including phenoxy) is 1. The van der Waals surface area contributed by atoms with Gasteiger partial charge in [-0.3, -0.25) is 0 Å². The Labute approximate surface area is 116 Å². The third-order valence-electron chi connectivity index (χ3n) is 3.35. The highest BCUT2D eigenvalue weighted by molar-refractivity contribution is 5.45. The van der Waals surface area contributed by atoms with Crippen LogP contribution in [0.3, 0.4) is 0 Å². The van der Waals surface area contributed by atoms with E-state index in [1.165, 1.54) is 0 Å². The molecule has 1 saturated carbocycles. The van der Waals surface area contributed by atoms with Crippen molar-refractivity contribution in [1.29, 1.82) is 0 Å². The Hall–Kier alpha value is -2.08. The van der Waals surface area contributed by atoms with Gasteiger partial charge in [0.05, 0.1) is 6.54 Å². The quantitative estimate of drug-likeness (QED) is 0.788. The smallest absolute Gasteiger partial charge is 0.246 e. The lowest BCUT2D eigenvalue weighted by atomic mass is 10.2. The van der Waals surface area contributed by atoms with Crippen LogP contribution in [0.5, 0.6) is 5.75 Å². The summed E-state index contributed by atoms with van der Waals surface area (Å²) in [6.07, 6.45) is 2.27. The summed E-state index contributed by atoms with van der Waals surface area (Å²) in [5, 5.41) is 16.3. The number of phenols is 1. The van der Waals surface area contributed by atoms with E-state index in [0.29, 0.717) is 24.2 Å². The zero-order valence-electron chi connectivity index (χ0n) is 11.2. The molecule has 1 aromatic heterocycles. The highest BCUT2D eigenvalue weighted by atomic mass is 16.5. The highest BCUT2D eigenvalue weighted by Gasteiger charge is 2.35. The fraction of sp³-hybridized carbons (Fsp3) is 0.429. The van der Waals surface area contributed by atoms with Crippen molar-refractivity contribution < 1.29 is 14.4 Å². The fourth-order valence-corrected chi connectivity index (χ4v) is 2.12. The van der Waals surface area contributed by atoms with E-state index < -0.39 is 0 Å². The Morgan fingerprint density at radius 1 is 1.40 bits per heavy atom. The molecule has 1 heterocycles. The van der Waals surface area contributed by atoms with Crippen molar-refractivity contribution in [2.45, 2.75) is 25.5 Å². The maximum absolute atomic E-state index is 9.21. The lowest BCUT2D eigenvalue weighted by Crippen LogP contribution is -2.06. The topological polar surface area (TPSA) is 80.4 Å². The van der Waals surface area contributed by atoms with E-state index in [9.17, 15) is 5.11 Å². The Kier molecular flexibility index (Phi) is 3.56. The van der Waals surface area contributed by atoms with Crippen LogP contribution in [-0.2, 0) is 11.3 Å².